The second-order valence-corrected chi connectivity index (χ2v) is 10.2. The van der Waals surface area contributed by atoms with E-state index in [9.17, 15) is 18.0 Å². The van der Waals surface area contributed by atoms with Crippen LogP contribution in [0.15, 0.2) is 76.2 Å². The molecule has 3 rings (SSSR count). The zero-order valence-electron chi connectivity index (χ0n) is 20.6. The average molecular weight is 515 g/mol. The first-order valence-corrected chi connectivity index (χ1v) is 12.9. The smallest absolute Gasteiger partial charge is 0.340 e. The lowest BCUT2D eigenvalue weighted by atomic mass is 10.2. The Labute approximate surface area is 211 Å². The molecule has 0 spiro atoms. The summed E-state index contributed by atoms with van der Waals surface area (Å²) in [7, 11) is -4.31. The van der Waals surface area contributed by atoms with E-state index in [0.717, 1.165) is 5.56 Å². The van der Waals surface area contributed by atoms with Gasteiger partial charge in [-0.15, -0.1) is 0 Å². The van der Waals surface area contributed by atoms with Gasteiger partial charge in [0, 0.05) is 12.6 Å². The molecule has 10 heteroatoms. The van der Waals surface area contributed by atoms with Crippen LogP contribution < -0.4 is 9.50 Å². The molecular weight excluding hydrogens is 484 g/mol. The normalized spacial score (nSPS) is 11.4. The fourth-order valence-electron chi connectivity index (χ4n) is 3.30. The third kappa shape index (κ3) is 7.35. The highest BCUT2D eigenvalue weighted by Gasteiger charge is 2.25. The Morgan fingerprint density at radius 3 is 2.25 bits per heavy atom. The van der Waals surface area contributed by atoms with Gasteiger partial charge < -0.3 is 23.6 Å². The number of carbonyl (C=O) groups is 2. The molecule has 1 heterocycles. The van der Waals surface area contributed by atoms with E-state index in [2.05, 4.69) is 5.32 Å². The Bertz CT molecular complexity index is 1270. The largest absolute Gasteiger partial charge is 0.467 e. The first kappa shape index (κ1) is 26.8. The molecule has 0 aliphatic carbocycles. The van der Waals surface area contributed by atoms with Gasteiger partial charge in [0.15, 0.2) is 0 Å². The van der Waals surface area contributed by atoms with Gasteiger partial charge in [-0.2, -0.15) is 8.42 Å². The van der Waals surface area contributed by atoms with Crippen molar-refractivity contribution < 1.29 is 31.3 Å². The van der Waals surface area contributed by atoms with Crippen LogP contribution in [0.3, 0.4) is 0 Å². The standard InChI is InChI=1S/C26H30N2O7S/c1-18(2)27-26(30)28(17-22-8-7-15-33-22)16-20-11-13-21(14-12-20)35-36(31,32)24-10-6-5-9-23(24)25(29)34-19(3)4/h5-15,18-19H,16-17H2,1-4H3,(H,27,30). The van der Waals surface area contributed by atoms with Crippen molar-refractivity contribution >= 4 is 22.1 Å². The Morgan fingerprint density at radius 2 is 1.64 bits per heavy atom. The number of hydrogen-bond acceptors (Lipinski definition) is 7. The minimum atomic E-state index is -4.31. The SMILES string of the molecule is CC(C)NC(=O)N(Cc1ccc(OS(=O)(=O)c2ccccc2C(=O)OC(C)C)cc1)Cc1ccco1. The van der Waals surface area contributed by atoms with Gasteiger partial charge in [-0.3, -0.25) is 0 Å². The molecule has 0 radical (unpaired) electrons. The molecular formula is C26H30N2O7S. The highest BCUT2D eigenvalue weighted by Crippen LogP contribution is 2.23. The molecule has 0 aliphatic rings. The Morgan fingerprint density at radius 1 is 0.944 bits per heavy atom. The van der Waals surface area contributed by atoms with Gasteiger partial charge >= 0.3 is 22.1 Å². The summed E-state index contributed by atoms with van der Waals surface area (Å²) in [6, 6.07) is 15.3. The molecule has 0 saturated heterocycles. The number of amides is 2. The van der Waals surface area contributed by atoms with Crippen molar-refractivity contribution in [2.75, 3.05) is 0 Å². The van der Waals surface area contributed by atoms with Crippen LogP contribution in [0.5, 0.6) is 5.75 Å². The minimum Gasteiger partial charge on any atom is -0.467 e. The van der Waals surface area contributed by atoms with Crippen molar-refractivity contribution in [2.45, 2.75) is 57.8 Å². The van der Waals surface area contributed by atoms with Crippen LogP contribution in [-0.2, 0) is 27.9 Å². The summed E-state index contributed by atoms with van der Waals surface area (Å²) >= 11 is 0. The van der Waals surface area contributed by atoms with Gasteiger partial charge in [-0.05, 0) is 69.7 Å². The predicted octanol–water partition coefficient (Wildman–Crippen LogP) is 4.73. The Kier molecular flexibility index (Phi) is 8.76. The van der Waals surface area contributed by atoms with Crippen LogP contribution in [0, 0.1) is 0 Å². The molecule has 9 nitrogen and oxygen atoms in total. The quantitative estimate of drug-likeness (QED) is 0.307. The number of nitrogens with zero attached hydrogens (tertiary/aromatic N) is 1. The van der Waals surface area contributed by atoms with Gasteiger partial charge in [0.25, 0.3) is 0 Å². The molecule has 2 aromatic carbocycles. The molecule has 2 amide bonds. The van der Waals surface area contributed by atoms with Crippen LogP contribution in [0.1, 0.15) is 49.4 Å². The van der Waals surface area contributed by atoms with Crippen molar-refractivity contribution in [3.63, 3.8) is 0 Å². The van der Waals surface area contributed by atoms with Crippen molar-refractivity contribution in [3.05, 3.63) is 83.8 Å². The lowest BCUT2D eigenvalue weighted by Gasteiger charge is -2.23. The van der Waals surface area contributed by atoms with E-state index in [4.69, 9.17) is 13.3 Å². The Hall–Kier alpha value is -3.79. The summed E-state index contributed by atoms with van der Waals surface area (Å²) in [5, 5.41) is 2.87. The second kappa shape index (κ2) is 11.8. The molecule has 1 aromatic heterocycles. The van der Waals surface area contributed by atoms with Crippen LogP contribution in [0.25, 0.3) is 0 Å². The highest BCUT2D eigenvalue weighted by molar-refractivity contribution is 7.87. The maximum Gasteiger partial charge on any atom is 0.340 e. The summed E-state index contributed by atoms with van der Waals surface area (Å²) in [6.07, 6.45) is 1.14. The predicted molar refractivity (Wildman–Crippen MR) is 133 cm³/mol. The number of carbonyl (C=O) groups excluding carboxylic acids is 2. The van der Waals surface area contributed by atoms with E-state index in [1.54, 1.807) is 55.3 Å². The van der Waals surface area contributed by atoms with Gasteiger partial charge in [0.2, 0.25) is 0 Å². The number of furan rings is 1. The third-order valence-electron chi connectivity index (χ3n) is 4.85. The third-order valence-corrected chi connectivity index (χ3v) is 6.15. The van der Waals surface area contributed by atoms with E-state index < -0.39 is 22.2 Å². The molecule has 36 heavy (non-hydrogen) atoms. The number of rotatable bonds is 10. The second-order valence-electron chi connectivity index (χ2n) is 8.67. The lowest BCUT2D eigenvalue weighted by Crippen LogP contribution is -2.42. The molecule has 0 fully saturated rings. The summed E-state index contributed by atoms with van der Waals surface area (Å²) in [4.78, 5) is 26.4. The number of nitrogens with one attached hydrogen (secondary N) is 1. The summed E-state index contributed by atoms with van der Waals surface area (Å²) in [6.45, 7) is 7.62. The fourth-order valence-corrected chi connectivity index (χ4v) is 4.42. The summed E-state index contributed by atoms with van der Waals surface area (Å²) < 4.78 is 41.7. The number of esters is 1. The van der Waals surface area contributed by atoms with Gasteiger partial charge in [-0.1, -0.05) is 24.3 Å². The monoisotopic (exact) mass is 514 g/mol. The number of ether oxygens (including phenoxy) is 1. The summed E-state index contributed by atoms with van der Waals surface area (Å²) in [5.74, 6) is -0.0518. The molecule has 3 aromatic rings. The van der Waals surface area contributed by atoms with Gasteiger partial charge in [0.1, 0.15) is 16.4 Å². The molecule has 0 aliphatic heterocycles. The number of benzene rings is 2. The topological polar surface area (TPSA) is 115 Å². The van der Waals surface area contributed by atoms with Gasteiger partial charge in [0.05, 0.1) is 24.5 Å². The van der Waals surface area contributed by atoms with Crippen molar-refractivity contribution in [1.29, 1.82) is 0 Å². The summed E-state index contributed by atoms with van der Waals surface area (Å²) in [5.41, 5.74) is 0.652. The number of urea groups is 1. The van der Waals surface area contributed by atoms with E-state index in [-0.39, 0.29) is 41.4 Å². The molecule has 0 unspecified atom stereocenters. The van der Waals surface area contributed by atoms with Crippen LogP contribution in [0.2, 0.25) is 0 Å². The van der Waals surface area contributed by atoms with Crippen LogP contribution in [-0.4, -0.2) is 37.5 Å². The van der Waals surface area contributed by atoms with Crippen molar-refractivity contribution in [3.8, 4) is 5.75 Å². The van der Waals surface area contributed by atoms with Crippen molar-refractivity contribution in [2.24, 2.45) is 0 Å². The molecule has 192 valence electrons. The van der Waals surface area contributed by atoms with E-state index >= 15 is 0 Å². The molecule has 1 N–H and O–H groups in total. The first-order valence-electron chi connectivity index (χ1n) is 11.5. The number of hydrogen-bond donors (Lipinski definition) is 1. The average Bonchev–Trinajstić information content (AvgIpc) is 3.32. The fraction of sp³-hybridized carbons (Fsp3) is 0.308. The van der Waals surface area contributed by atoms with E-state index in [1.165, 1.54) is 30.3 Å². The van der Waals surface area contributed by atoms with Crippen molar-refractivity contribution in [1.82, 2.24) is 10.2 Å². The maximum absolute atomic E-state index is 12.9. The molecule has 0 saturated carbocycles. The van der Waals surface area contributed by atoms with Gasteiger partial charge in [-0.25, -0.2) is 9.59 Å². The maximum atomic E-state index is 12.9. The Balaban J connectivity index is 1.76. The first-order chi connectivity index (χ1) is 17.0. The highest BCUT2D eigenvalue weighted by atomic mass is 32.2. The lowest BCUT2D eigenvalue weighted by molar-refractivity contribution is 0.0373. The van der Waals surface area contributed by atoms with E-state index in [1.807, 2.05) is 13.8 Å². The van der Waals surface area contributed by atoms with Crippen LogP contribution >= 0.6 is 0 Å². The molecule has 0 bridgehead atoms. The zero-order chi connectivity index (χ0) is 26.3. The molecule has 0 atom stereocenters. The minimum absolute atomic E-state index is 0.0433. The zero-order valence-corrected chi connectivity index (χ0v) is 21.4. The van der Waals surface area contributed by atoms with Crippen LogP contribution in [0.4, 0.5) is 4.79 Å². The van der Waals surface area contributed by atoms with E-state index in [0.29, 0.717) is 5.76 Å².